The van der Waals surface area contributed by atoms with E-state index in [1.54, 1.807) is 47.2 Å². The second kappa shape index (κ2) is 10.3. The number of fused-ring (bicyclic) bond motifs is 3. The average molecular weight is 500 g/mol. The van der Waals surface area contributed by atoms with E-state index in [1.165, 1.54) is 12.1 Å². The van der Waals surface area contributed by atoms with Crippen molar-refractivity contribution in [1.29, 1.82) is 5.26 Å². The molecular weight excluding hydrogens is 477 g/mol. The largest absolute Gasteiger partial charge is 0.333 e. The summed E-state index contributed by atoms with van der Waals surface area (Å²) in [7, 11) is 0. The van der Waals surface area contributed by atoms with Crippen LogP contribution in [-0.2, 0) is 19.5 Å². The summed E-state index contributed by atoms with van der Waals surface area (Å²) in [6.07, 6.45) is 6.36. The molecule has 0 saturated carbocycles. The monoisotopic (exact) mass is 499 g/mol. The number of nitrogens with zero attached hydrogens (tertiary/aromatic N) is 4. The summed E-state index contributed by atoms with van der Waals surface area (Å²) in [5.41, 5.74) is 5.09. The number of carbonyl (C=O) groups excluding carboxylic acids is 1. The van der Waals surface area contributed by atoms with Crippen molar-refractivity contribution in [2.24, 2.45) is 0 Å². The van der Waals surface area contributed by atoms with Crippen LogP contribution in [0, 0.1) is 17.1 Å². The molecule has 5 rings (SSSR count). The van der Waals surface area contributed by atoms with Gasteiger partial charge in [-0.3, -0.25) is 9.47 Å². The molecule has 2 aromatic carbocycles. The number of pyridine rings is 1. The van der Waals surface area contributed by atoms with E-state index in [0.717, 1.165) is 46.4 Å². The van der Waals surface area contributed by atoms with Crippen LogP contribution >= 0.6 is 11.6 Å². The van der Waals surface area contributed by atoms with Gasteiger partial charge in [-0.15, -0.1) is 0 Å². The zero-order chi connectivity index (χ0) is 25.1. The first kappa shape index (κ1) is 23.7. The van der Waals surface area contributed by atoms with E-state index in [4.69, 9.17) is 11.6 Å². The van der Waals surface area contributed by atoms with Gasteiger partial charge in [0.05, 0.1) is 17.1 Å². The normalized spacial score (nSPS) is 13.6. The highest BCUT2D eigenvalue weighted by atomic mass is 35.5. The van der Waals surface area contributed by atoms with Crippen LogP contribution in [-0.4, -0.2) is 33.6 Å². The van der Waals surface area contributed by atoms with E-state index in [2.05, 4.69) is 27.3 Å². The summed E-state index contributed by atoms with van der Waals surface area (Å²) in [5, 5.41) is 13.8. The van der Waals surface area contributed by atoms with Crippen LogP contribution in [0.1, 0.15) is 27.9 Å². The van der Waals surface area contributed by atoms with Crippen molar-refractivity contribution >= 4 is 34.6 Å². The Kier molecular flexibility index (Phi) is 6.81. The average Bonchev–Trinajstić information content (AvgIpc) is 3.21. The van der Waals surface area contributed by atoms with E-state index in [-0.39, 0.29) is 11.8 Å². The lowest BCUT2D eigenvalue weighted by molar-refractivity contribution is 0.240. The Bertz CT molecular complexity index is 1500. The van der Waals surface area contributed by atoms with Crippen LogP contribution < -0.4 is 5.32 Å². The minimum atomic E-state index is -0.250. The molecule has 0 fully saturated rings. The van der Waals surface area contributed by atoms with Gasteiger partial charge in [-0.1, -0.05) is 42.0 Å². The van der Waals surface area contributed by atoms with E-state index in [0.29, 0.717) is 30.2 Å². The molecule has 0 atom stereocenters. The Morgan fingerprint density at radius 2 is 2.03 bits per heavy atom. The molecule has 1 N–H and O–H groups in total. The molecule has 0 radical (unpaired) electrons. The summed E-state index contributed by atoms with van der Waals surface area (Å²) >= 11 is 5.97. The summed E-state index contributed by atoms with van der Waals surface area (Å²) < 4.78 is 14.8. The number of amides is 1. The molecule has 0 bridgehead atoms. The molecule has 1 amide bonds. The highest BCUT2D eigenvalue weighted by Crippen LogP contribution is 2.31. The molecule has 4 aromatic rings. The smallest absolute Gasteiger partial charge is 0.326 e. The number of aromatic nitrogens is 2. The molecule has 3 heterocycles. The number of hydrogen-bond acceptors (Lipinski definition) is 4. The fraction of sp³-hybridized carbons (Fsp3) is 0.179. The zero-order valence-electron chi connectivity index (χ0n) is 19.4. The van der Waals surface area contributed by atoms with Gasteiger partial charge in [-0.25, -0.2) is 14.2 Å². The highest BCUT2D eigenvalue weighted by molar-refractivity contribution is 6.29. The van der Waals surface area contributed by atoms with Gasteiger partial charge in [-0.05, 0) is 53.1 Å². The van der Waals surface area contributed by atoms with E-state index in [1.807, 2.05) is 12.1 Å². The zero-order valence-corrected chi connectivity index (χ0v) is 20.2. The lowest BCUT2D eigenvalue weighted by atomic mass is 10.0. The molecule has 180 valence electrons. The molecule has 0 unspecified atom stereocenters. The number of rotatable bonds is 5. The van der Waals surface area contributed by atoms with E-state index < -0.39 is 0 Å². The first-order valence-corrected chi connectivity index (χ1v) is 12.0. The van der Waals surface area contributed by atoms with Crippen molar-refractivity contribution in [3.63, 3.8) is 0 Å². The van der Waals surface area contributed by atoms with Gasteiger partial charge in [0.15, 0.2) is 0 Å². The number of halogens is 2. The number of carbonyl (C=O) groups is 1. The Labute approximate surface area is 213 Å². The van der Waals surface area contributed by atoms with Crippen molar-refractivity contribution < 1.29 is 9.18 Å². The Morgan fingerprint density at radius 3 is 2.81 bits per heavy atom. The van der Waals surface area contributed by atoms with Gasteiger partial charge < -0.3 is 5.32 Å². The number of hydrogen-bond donors (Lipinski definition) is 1. The quantitative estimate of drug-likeness (QED) is 0.366. The molecule has 2 aromatic heterocycles. The first-order valence-electron chi connectivity index (χ1n) is 11.6. The molecule has 1 aliphatic rings. The molecule has 1 aliphatic heterocycles. The van der Waals surface area contributed by atoms with Crippen LogP contribution in [0.4, 0.5) is 9.18 Å². The molecule has 0 aliphatic carbocycles. The number of nitriles is 1. The summed E-state index contributed by atoms with van der Waals surface area (Å²) in [6.45, 7) is 2.52. The fourth-order valence-electron chi connectivity index (χ4n) is 4.59. The second-order valence-corrected chi connectivity index (χ2v) is 9.08. The van der Waals surface area contributed by atoms with Gasteiger partial charge in [0.2, 0.25) is 0 Å². The van der Waals surface area contributed by atoms with Crippen LogP contribution in [0.3, 0.4) is 0 Å². The Morgan fingerprint density at radius 1 is 1.19 bits per heavy atom. The van der Waals surface area contributed by atoms with Gasteiger partial charge >= 0.3 is 6.03 Å². The third-order valence-electron chi connectivity index (χ3n) is 6.34. The maximum atomic E-state index is 13.4. The topological polar surface area (TPSA) is 74.0 Å². The first-order chi connectivity index (χ1) is 17.5. The minimum Gasteiger partial charge on any atom is -0.333 e. The van der Waals surface area contributed by atoms with Gasteiger partial charge in [0.1, 0.15) is 11.0 Å². The van der Waals surface area contributed by atoms with Crippen LogP contribution in [0.25, 0.3) is 17.0 Å². The van der Waals surface area contributed by atoms with Crippen LogP contribution in [0.5, 0.6) is 0 Å². The van der Waals surface area contributed by atoms with Crippen LogP contribution in [0.2, 0.25) is 5.15 Å². The summed E-state index contributed by atoms with van der Waals surface area (Å²) in [5.74, 6) is -0.250. The lowest BCUT2D eigenvalue weighted by Crippen LogP contribution is -2.34. The molecule has 0 saturated heterocycles. The van der Waals surface area contributed by atoms with Crippen LogP contribution in [0.15, 0.2) is 66.9 Å². The van der Waals surface area contributed by atoms with Crippen molar-refractivity contribution in [1.82, 2.24) is 19.8 Å². The van der Waals surface area contributed by atoms with Crippen molar-refractivity contribution in [3.8, 4) is 6.07 Å². The molecule has 0 spiro atoms. The fourth-order valence-corrected chi connectivity index (χ4v) is 4.79. The standard InChI is InChI=1S/C28H23ClFN5O/c29-27-15-21(9-11-32-27)17-33-28(36)35-25-10-13-34(12-1-2-19-3-6-22(30)7-4-19)18-24(25)23-8-5-20(16-31)14-26(23)35/h1-9,11,14-15H,10,12-13,17-18H2,(H,33,36). The summed E-state index contributed by atoms with van der Waals surface area (Å²) in [4.78, 5) is 19.6. The third-order valence-corrected chi connectivity index (χ3v) is 6.55. The van der Waals surface area contributed by atoms with Crippen molar-refractivity contribution in [3.05, 3.63) is 106 Å². The van der Waals surface area contributed by atoms with Crippen molar-refractivity contribution in [2.45, 2.75) is 19.5 Å². The maximum absolute atomic E-state index is 13.4. The summed E-state index contributed by atoms with van der Waals surface area (Å²) in [6, 6.07) is 17.3. The minimum absolute atomic E-state index is 0.242. The molecule has 8 heteroatoms. The number of nitrogens with one attached hydrogen (secondary N) is 1. The second-order valence-electron chi connectivity index (χ2n) is 8.69. The Hall–Kier alpha value is -3.99. The molecule has 6 nitrogen and oxygen atoms in total. The van der Waals surface area contributed by atoms with Gasteiger partial charge in [0, 0.05) is 49.9 Å². The molecular formula is C28H23ClFN5O. The van der Waals surface area contributed by atoms with Crippen molar-refractivity contribution in [2.75, 3.05) is 13.1 Å². The predicted molar refractivity (Wildman–Crippen MR) is 138 cm³/mol. The van der Waals surface area contributed by atoms with Gasteiger partial charge in [-0.2, -0.15) is 5.26 Å². The maximum Gasteiger partial charge on any atom is 0.326 e. The predicted octanol–water partition coefficient (Wildman–Crippen LogP) is 5.53. The van der Waals surface area contributed by atoms with E-state index >= 15 is 0 Å². The number of benzene rings is 2. The highest BCUT2D eigenvalue weighted by Gasteiger charge is 2.26. The van der Waals surface area contributed by atoms with Gasteiger partial charge in [0.25, 0.3) is 0 Å². The SMILES string of the molecule is N#Cc1ccc2c3c(n(C(=O)NCc4ccnc(Cl)c4)c2c1)CCN(CC=Cc1ccc(F)cc1)C3. The third kappa shape index (κ3) is 5.01. The van der Waals surface area contributed by atoms with E-state index in [9.17, 15) is 14.4 Å². The lowest BCUT2D eigenvalue weighted by Gasteiger charge is -2.27. The molecule has 36 heavy (non-hydrogen) atoms. The Balaban J connectivity index is 1.39.